The maximum absolute atomic E-state index is 12.0. The Kier molecular flexibility index (Phi) is 4.29. The third-order valence-electron chi connectivity index (χ3n) is 4.81. The summed E-state index contributed by atoms with van der Waals surface area (Å²) in [6.07, 6.45) is 0.936. The number of benzene rings is 3. The van der Waals surface area contributed by atoms with Gasteiger partial charge in [0.05, 0.1) is 11.0 Å². The van der Waals surface area contributed by atoms with Gasteiger partial charge >= 0.3 is 0 Å². The highest BCUT2D eigenvalue weighted by atomic mass is 79.9. The minimum Gasteiger partial charge on any atom is -0.366 e. The molecule has 1 radical (unpaired) electrons. The zero-order valence-corrected chi connectivity index (χ0v) is 16.0. The zero-order valence-electron chi connectivity index (χ0n) is 14.4. The monoisotopic (exact) mass is 405 g/mol. The van der Waals surface area contributed by atoms with E-state index >= 15 is 0 Å². The Bertz CT molecular complexity index is 1140. The van der Waals surface area contributed by atoms with Crippen LogP contribution in [0.5, 0.6) is 0 Å². The molecule has 3 aromatic carbocycles. The largest absolute Gasteiger partial charge is 0.366 e. The lowest BCUT2D eigenvalue weighted by atomic mass is 10.0. The van der Waals surface area contributed by atoms with Gasteiger partial charge < -0.3 is 10.3 Å². The highest BCUT2D eigenvalue weighted by Crippen LogP contribution is 2.33. The lowest BCUT2D eigenvalue weighted by Crippen LogP contribution is -2.11. The maximum atomic E-state index is 12.0. The third-order valence-corrected chi connectivity index (χ3v) is 5.59. The van der Waals surface area contributed by atoms with Crippen molar-refractivity contribution in [2.24, 2.45) is 5.73 Å². The molecule has 1 aromatic heterocycles. The molecule has 0 aliphatic heterocycles. The van der Waals surface area contributed by atoms with Gasteiger partial charge in [-0.2, -0.15) is 0 Å². The average Bonchev–Trinajstić information content (AvgIpc) is 2.96. The summed E-state index contributed by atoms with van der Waals surface area (Å²) in [4.78, 5) is 12.0. The molecule has 0 unspecified atom stereocenters. The van der Waals surface area contributed by atoms with Gasteiger partial charge in [-0.25, -0.2) is 0 Å². The van der Waals surface area contributed by atoms with Crippen molar-refractivity contribution in [2.75, 3.05) is 0 Å². The van der Waals surface area contributed by atoms with Crippen LogP contribution in [0.25, 0.3) is 21.8 Å². The van der Waals surface area contributed by atoms with Crippen LogP contribution in [0.2, 0.25) is 0 Å². The first-order valence-corrected chi connectivity index (χ1v) is 9.38. The molecule has 4 aromatic rings. The van der Waals surface area contributed by atoms with E-state index in [1.807, 2.05) is 36.4 Å². The predicted molar refractivity (Wildman–Crippen MR) is 109 cm³/mol. The van der Waals surface area contributed by atoms with E-state index < -0.39 is 5.91 Å². The Balaban J connectivity index is 2.07. The molecule has 129 valence electrons. The Morgan fingerprint density at radius 3 is 2.69 bits per heavy atom. The Labute approximate surface area is 160 Å². The molecule has 4 rings (SSSR count). The van der Waals surface area contributed by atoms with Gasteiger partial charge in [0.15, 0.2) is 0 Å². The topological polar surface area (TPSA) is 48.0 Å². The minimum absolute atomic E-state index is 0.413. The molecule has 4 heteroatoms. The molecule has 0 atom stereocenters. The van der Waals surface area contributed by atoms with Crippen LogP contribution in [-0.4, -0.2) is 10.5 Å². The number of hydrogen-bond donors (Lipinski definition) is 1. The van der Waals surface area contributed by atoms with E-state index in [-0.39, 0.29) is 0 Å². The van der Waals surface area contributed by atoms with E-state index in [2.05, 4.69) is 45.6 Å². The van der Waals surface area contributed by atoms with Crippen LogP contribution < -0.4 is 5.73 Å². The number of fused-ring (bicyclic) bond motifs is 3. The molecule has 0 bridgehead atoms. The van der Waals surface area contributed by atoms with Gasteiger partial charge in [-0.1, -0.05) is 53.2 Å². The second-order valence-corrected chi connectivity index (χ2v) is 7.22. The number of aromatic nitrogens is 1. The van der Waals surface area contributed by atoms with Crippen molar-refractivity contribution in [3.63, 3.8) is 0 Å². The van der Waals surface area contributed by atoms with Crippen molar-refractivity contribution in [3.05, 3.63) is 81.8 Å². The Hall–Kier alpha value is -2.59. The standard InChI is InChI=1S/C22H18BrN2O/c1-2-14-10-11-16-20(12-14)25(13-15-6-3-4-8-18(15)23)19-9-5-7-17(21(16)19)22(24)26/h3-10,12H,2,13H2,1H3,(H2,24,26). The average molecular weight is 406 g/mol. The lowest BCUT2D eigenvalue weighted by Gasteiger charge is -2.10. The summed E-state index contributed by atoms with van der Waals surface area (Å²) in [5, 5.41) is 1.82. The van der Waals surface area contributed by atoms with Crippen molar-refractivity contribution in [3.8, 4) is 0 Å². The SMILES string of the molecule is CCc1c[c]c2c3c(C(N)=O)cccc3n(Cc3ccccc3Br)c2c1. The van der Waals surface area contributed by atoms with Crippen molar-refractivity contribution in [2.45, 2.75) is 19.9 Å². The van der Waals surface area contributed by atoms with Crippen LogP contribution in [-0.2, 0) is 13.0 Å². The van der Waals surface area contributed by atoms with E-state index in [0.717, 1.165) is 32.7 Å². The zero-order chi connectivity index (χ0) is 18.3. The Morgan fingerprint density at radius 1 is 1.15 bits per heavy atom. The van der Waals surface area contributed by atoms with Gasteiger partial charge in [0, 0.05) is 27.4 Å². The van der Waals surface area contributed by atoms with Gasteiger partial charge in [-0.3, -0.25) is 4.79 Å². The molecule has 0 saturated carbocycles. The molecule has 0 aliphatic rings. The molecule has 2 N–H and O–H groups in total. The number of amides is 1. The summed E-state index contributed by atoms with van der Waals surface area (Å²) in [6.45, 7) is 2.83. The number of nitrogens with two attached hydrogens (primary N) is 1. The fraction of sp³-hybridized carbons (Fsp3) is 0.136. The Morgan fingerprint density at radius 2 is 1.96 bits per heavy atom. The van der Waals surface area contributed by atoms with E-state index in [9.17, 15) is 4.79 Å². The second-order valence-electron chi connectivity index (χ2n) is 6.36. The second kappa shape index (κ2) is 6.61. The van der Waals surface area contributed by atoms with Gasteiger partial charge in [0.2, 0.25) is 5.91 Å². The molecule has 1 amide bonds. The van der Waals surface area contributed by atoms with E-state index in [1.54, 1.807) is 6.07 Å². The molecule has 0 aliphatic carbocycles. The normalized spacial score (nSPS) is 11.3. The van der Waals surface area contributed by atoms with Gasteiger partial charge in [0.25, 0.3) is 0 Å². The van der Waals surface area contributed by atoms with E-state index in [0.29, 0.717) is 12.1 Å². The smallest absolute Gasteiger partial charge is 0.249 e. The first-order chi connectivity index (χ1) is 12.6. The molecule has 26 heavy (non-hydrogen) atoms. The highest BCUT2D eigenvalue weighted by Gasteiger charge is 2.17. The first kappa shape index (κ1) is 16.9. The minimum atomic E-state index is -0.413. The molecule has 0 saturated heterocycles. The predicted octanol–water partition coefficient (Wildman–Crippen LogP) is 5.07. The van der Waals surface area contributed by atoms with Crippen LogP contribution in [0, 0.1) is 6.07 Å². The van der Waals surface area contributed by atoms with Crippen molar-refractivity contribution in [1.82, 2.24) is 4.57 Å². The van der Waals surface area contributed by atoms with Crippen molar-refractivity contribution < 1.29 is 4.79 Å². The van der Waals surface area contributed by atoms with Gasteiger partial charge in [-0.05, 0) is 47.9 Å². The van der Waals surface area contributed by atoms with E-state index in [1.165, 1.54) is 11.1 Å². The van der Waals surface area contributed by atoms with Crippen LogP contribution in [0.4, 0.5) is 0 Å². The van der Waals surface area contributed by atoms with Crippen LogP contribution >= 0.6 is 15.9 Å². The number of halogens is 1. The number of aryl methyl sites for hydroxylation is 1. The fourth-order valence-electron chi connectivity index (χ4n) is 3.48. The number of carbonyl (C=O) groups is 1. The summed E-state index contributed by atoms with van der Waals surface area (Å²) < 4.78 is 3.31. The maximum Gasteiger partial charge on any atom is 0.249 e. The van der Waals surface area contributed by atoms with E-state index in [4.69, 9.17) is 5.73 Å². The van der Waals surface area contributed by atoms with Crippen LogP contribution in [0.15, 0.2) is 59.1 Å². The summed E-state index contributed by atoms with van der Waals surface area (Å²) in [7, 11) is 0. The number of nitrogens with zero attached hydrogens (tertiary/aromatic N) is 1. The van der Waals surface area contributed by atoms with Gasteiger partial charge in [0.1, 0.15) is 0 Å². The lowest BCUT2D eigenvalue weighted by molar-refractivity contribution is 0.100. The third kappa shape index (κ3) is 2.71. The molecular formula is C22H18BrN2O. The highest BCUT2D eigenvalue weighted by molar-refractivity contribution is 9.10. The number of primary amides is 1. The summed E-state index contributed by atoms with van der Waals surface area (Å²) in [6, 6.07) is 21.5. The van der Waals surface area contributed by atoms with Crippen LogP contribution in [0.1, 0.15) is 28.4 Å². The number of carbonyl (C=O) groups excluding carboxylic acids is 1. The molecule has 0 spiro atoms. The van der Waals surface area contributed by atoms with Gasteiger partial charge in [-0.15, -0.1) is 0 Å². The number of hydrogen-bond acceptors (Lipinski definition) is 1. The quantitative estimate of drug-likeness (QED) is 0.506. The summed E-state index contributed by atoms with van der Waals surface area (Å²) >= 11 is 3.64. The molecule has 0 fully saturated rings. The number of rotatable bonds is 4. The first-order valence-electron chi connectivity index (χ1n) is 8.59. The fourth-order valence-corrected chi connectivity index (χ4v) is 3.89. The summed E-state index contributed by atoms with van der Waals surface area (Å²) in [5.41, 5.74) is 10.6. The van der Waals surface area contributed by atoms with Crippen molar-refractivity contribution in [1.29, 1.82) is 0 Å². The molecular weight excluding hydrogens is 388 g/mol. The van der Waals surface area contributed by atoms with Crippen molar-refractivity contribution >= 4 is 43.6 Å². The molecule has 3 nitrogen and oxygen atoms in total. The molecule has 1 heterocycles. The summed E-state index contributed by atoms with van der Waals surface area (Å²) in [5.74, 6) is -0.413. The van der Waals surface area contributed by atoms with Crippen LogP contribution in [0.3, 0.4) is 0 Å².